The number of hydrogen-bond donors (Lipinski definition) is 1. The summed E-state index contributed by atoms with van der Waals surface area (Å²) in [6.45, 7) is 0. The third-order valence-corrected chi connectivity index (χ3v) is 3.64. The highest BCUT2D eigenvalue weighted by molar-refractivity contribution is 5.96. The van der Waals surface area contributed by atoms with Gasteiger partial charge in [0.2, 0.25) is 0 Å². The monoisotopic (exact) mass is 318 g/mol. The SMILES string of the molecule is N#CCc1c[nH]c2c(-c3cccc(C(F)(F)F)c3)ccc(F)c12. The van der Waals surface area contributed by atoms with Crippen molar-refractivity contribution in [3.8, 4) is 17.2 Å². The number of rotatable bonds is 2. The Kier molecular flexibility index (Phi) is 3.57. The number of H-pyrrole nitrogens is 1. The van der Waals surface area contributed by atoms with E-state index in [1.807, 2.05) is 6.07 Å². The highest BCUT2D eigenvalue weighted by atomic mass is 19.4. The maximum Gasteiger partial charge on any atom is 0.416 e. The third kappa shape index (κ3) is 2.66. The number of benzene rings is 2. The molecule has 2 nitrogen and oxygen atoms in total. The predicted molar refractivity (Wildman–Crippen MR) is 78.0 cm³/mol. The Bertz CT molecular complexity index is 916. The summed E-state index contributed by atoms with van der Waals surface area (Å²) in [7, 11) is 0. The summed E-state index contributed by atoms with van der Waals surface area (Å²) in [5.41, 5.74) is 0.881. The van der Waals surface area contributed by atoms with Crippen LogP contribution in [0.25, 0.3) is 22.0 Å². The van der Waals surface area contributed by atoms with E-state index in [9.17, 15) is 17.6 Å². The van der Waals surface area contributed by atoms with Gasteiger partial charge in [0.25, 0.3) is 0 Å². The van der Waals surface area contributed by atoms with E-state index in [1.54, 1.807) is 0 Å². The van der Waals surface area contributed by atoms with Crippen molar-refractivity contribution in [1.82, 2.24) is 4.98 Å². The minimum atomic E-state index is -4.45. The zero-order valence-electron chi connectivity index (χ0n) is 11.7. The van der Waals surface area contributed by atoms with E-state index in [1.165, 1.54) is 30.5 Å². The van der Waals surface area contributed by atoms with Crippen LogP contribution in [0.15, 0.2) is 42.6 Å². The van der Waals surface area contributed by atoms with Gasteiger partial charge in [-0.05, 0) is 35.4 Å². The molecule has 0 aliphatic heterocycles. The standard InChI is InChI=1S/C17H10F4N2/c18-14-5-4-13(16-15(14)11(6-7-22)9-23-16)10-2-1-3-12(8-10)17(19,20)21/h1-5,8-9,23H,6H2. The Morgan fingerprint density at radius 2 is 1.91 bits per heavy atom. The molecular weight excluding hydrogens is 308 g/mol. The highest BCUT2D eigenvalue weighted by Gasteiger charge is 2.30. The summed E-state index contributed by atoms with van der Waals surface area (Å²) in [6, 6.07) is 9.43. The lowest BCUT2D eigenvalue weighted by Gasteiger charge is -2.10. The lowest BCUT2D eigenvalue weighted by Crippen LogP contribution is -2.04. The quantitative estimate of drug-likeness (QED) is 0.659. The molecule has 23 heavy (non-hydrogen) atoms. The molecule has 0 saturated heterocycles. The molecule has 0 atom stereocenters. The van der Waals surface area contributed by atoms with Gasteiger partial charge in [-0.1, -0.05) is 12.1 Å². The third-order valence-electron chi connectivity index (χ3n) is 3.64. The van der Waals surface area contributed by atoms with Crippen LogP contribution in [0.5, 0.6) is 0 Å². The van der Waals surface area contributed by atoms with Crippen LogP contribution in [0.1, 0.15) is 11.1 Å². The predicted octanol–water partition coefficient (Wildman–Crippen LogP) is 5.06. The van der Waals surface area contributed by atoms with Crippen molar-refractivity contribution in [2.75, 3.05) is 0 Å². The molecule has 0 fully saturated rings. The minimum absolute atomic E-state index is 0.0168. The molecule has 1 heterocycles. The van der Waals surface area contributed by atoms with Crippen LogP contribution in [0.3, 0.4) is 0 Å². The van der Waals surface area contributed by atoms with E-state index in [-0.39, 0.29) is 11.8 Å². The van der Waals surface area contributed by atoms with Gasteiger partial charge in [-0.2, -0.15) is 18.4 Å². The number of nitriles is 1. The molecule has 1 aromatic heterocycles. The van der Waals surface area contributed by atoms with Crippen LogP contribution in [0, 0.1) is 17.1 Å². The highest BCUT2D eigenvalue weighted by Crippen LogP contribution is 2.35. The minimum Gasteiger partial charge on any atom is -0.360 e. The lowest BCUT2D eigenvalue weighted by molar-refractivity contribution is -0.137. The number of halogens is 4. The number of nitrogens with one attached hydrogen (secondary N) is 1. The number of hydrogen-bond acceptors (Lipinski definition) is 1. The molecule has 1 N–H and O–H groups in total. The van der Waals surface area contributed by atoms with Crippen LogP contribution in [-0.2, 0) is 12.6 Å². The molecule has 6 heteroatoms. The molecule has 3 aromatic rings. The van der Waals surface area contributed by atoms with Gasteiger partial charge in [-0.15, -0.1) is 0 Å². The Balaban J connectivity index is 2.22. The zero-order valence-corrected chi connectivity index (χ0v) is 11.7. The summed E-state index contributed by atoms with van der Waals surface area (Å²) in [5.74, 6) is -0.512. The zero-order chi connectivity index (χ0) is 16.6. The first-order chi connectivity index (χ1) is 10.9. The maximum atomic E-state index is 14.1. The van der Waals surface area contributed by atoms with Gasteiger partial charge in [0.05, 0.1) is 23.6 Å². The molecule has 0 amide bonds. The molecule has 2 aromatic carbocycles. The van der Waals surface area contributed by atoms with Gasteiger partial charge < -0.3 is 4.98 Å². The van der Waals surface area contributed by atoms with Crippen molar-refractivity contribution in [2.45, 2.75) is 12.6 Å². The summed E-state index contributed by atoms with van der Waals surface area (Å²) in [5, 5.41) is 9.03. The second-order valence-electron chi connectivity index (χ2n) is 5.07. The average Bonchev–Trinajstić information content (AvgIpc) is 2.92. The van der Waals surface area contributed by atoms with Crippen molar-refractivity contribution >= 4 is 10.9 Å². The normalized spacial score (nSPS) is 11.6. The average molecular weight is 318 g/mol. The van der Waals surface area contributed by atoms with Crippen LogP contribution >= 0.6 is 0 Å². The van der Waals surface area contributed by atoms with Gasteiger partial charge in [0, 0.05) is 17.1 Å². The van der Waals surface area contributed by atoms with Crippen molar-refractivity contribution in [3.63, 3.8) is 0 Å². The van der Waals surface area contributed by atoms with E-state index in [2.05, 4.69) is 4.98 Å². The van der Waals surface area contributed by atoms with Gasteiger partial charge >= 0.3 is 6.18 Å². The molecule has 116 valence electrons. The lowest BCUT2D eigenvalue weighted by atomic mass is 9.99. The first-order valence-electron chi connectivity index (χ1n) is 6.75. The van der Waals surface area contributed by atoms with Gasteiger partial charge in [0.15, 0.2) is 0 Å². The smallest absolute Gasteiger partial charge is 0.360 e. The molecule has 0 bridgehead atoms. The number of aromatic nitrogens is 1. The molecule has 3 rings (SSSR count). The fourth-order valence-corrected chi connectivity index (χ4v) is 2.60. The second kappa shape index (κ2) is 5.43. The molecule has 0 spiro atoms. The van der Waals surface area contributed by atoms with Crippen molar-refractivity contribution < 1.29 is 17.6 Å². The van der Waals surface area contributed by atoms with Crippen molar-refractivity contribution in [2.24, 2.45) is 0 Å². The Morgan fingerprint density at radius 3 is 2.61 bits per heavy atom. The van der Waals surface area contributed by atoms with Crippen LogP contribution in [0.4, 0.5) is 17.6 Å². The first-order valence-corrected chi connectivity index (χ1v) is 6.75. The van der Waals surface area contributed by atoms with Gasteiger partial charge in [-0.3, -0.25) is 0 Å². The van der Waals surface area contributed by atoms with E-state index >= 15 is 0 Å². The van der Waals surface area contributed by atoms with Gasteiger partial charge in [-0.25, -0.2) is 4.39 Å². The summed E-state index contributed by atoms with van der Waals surface area (Å²) in [6.07, 6.45) is -2.92. The van der Waals surface area contributed by atoms with E-state index in [0.29, 0.717) is 22.2 Å². The molecule has 0 saturated carbocycles. The molecule has 0 aliphatic rings. The molecule has 0 radical (unpaired) electrons. The van der Waals surface area contributed by atoms with E-state index < -0.39 is 17.6 Å². The topological polar surface area (TPSA) is 39.6 Å². The van der Waals surface area contributed by atoms with E-state index in [0.717, 1.165) is 12.1 Å². The van der Waals surface area contributed by atoms with E-state index in [4.69, 9.17) is 5.26 Å². The Labute approximate surface area is 129 Å². The maximum absolute atomic E-state index is 14.1. The Morgan fingerprint density at radius 1 is 1.13 bits per heavy atom. The molecular formula is C17H10F4N2. The van der Waals surface area contributed by atoms with Crippen LogP contribution in [-0.4, -0.2) is 4.98 Å². The summed E-state index contributed by atoms with van der Waals surface area (Å²) < 4.78 is 52.6. The van der Waals surface area contributed by atoms with Crippen LogP contribution in [0.2, 0.25) is 0 Å². The first kappa shape index (κ1) is 15.1. The fraction of sp³-hybridized carbons (Fsp3) is 0.118. The second-order valence-corrected chi connectivity index (χ2v) is 5.07. The Hall–Kier alpha value is -2.81. The largest absolute Gasteiger partial charge is 0.416 e. The number of fused-ring (bicyclic) bond motifs is 1. The van der Waals surface area contributed by atoms with Crippen molar-refractivity contribution in [1.29, 1.82) is 5.26 Å². The van der Waals surface area contributed by atoms with Crippen LogP contribution < -0.4 is 0 Å². The summed E-state index contributed by atoms with van der Waals surface area (Å²) in [4.78, 5) is 2.87. The van der Waals surface area contributed by atoms with Gasteiger partial charge in [0.1, 0.15) is 5.82 Å². The molecule has 0 unspecified atom stereocenters. The number of nitrogens with zero attached hydrogens (tertiary/aromatic N) is 1. The number of alkyl halides is 3. The molecule has 0 aliphatic carbocycles. The number of aromatic amines is 1. The van der Waals surface area contributed by atoms with Crippen molar-refractivity contribution in [3.05, 3.63) is 59.5 Å². The fourth-order valence-electron chi connectivity index (χ4n) is 2.60. The summed E-state index contributed by atoms with van der Waals surface area (Å²) >= 11 is 0.